The van der Waals surface area contributed by atoms with Crippen LogP contribution in [0.2, 0.25) is 0 Å². The fraction of sp³-hybridized carbons (Fsp3) is 0.348. The predicted octanol–water partition coefficient (Wildman–Crippen LogP) is 3.77. The number of carboxylic acids is 1. The Labute approximate surface area is 171 Å². The molecule has 0 aliphatic heterocycles. The second-order valence-electron chi connectivity index (χ2n) is 7.16. The number of carbonyl (C=O) groups is 1. The molecule has 2 N–H and O–H groups in total. The van der Waals surface area contributed by atoms with Gasteiger partial charge >= 0.3 is 5.97 Å². The number of hydrogen-bond donors (Lipinski definition) is 2. The monoisotopic (exact) mass is 392 g/mol. The van der Waals surface area contributed by atoms with E-state index in [1.807, 2.05) is 19.2 Å². The van der Waals surface area contributed by atoms with Gasteiger partial charge < -0.3 is 15.0 Å². The number of hydrogen-bond acceptors (Lipinski definition) is 4. The lowest BCUT2D eigenvalue weighted by Gasteiger charge is -2.12. The lowest BCUT2D eigenvalue weighted by Crippen LogP contribution is -2.19. The van der Waals surface area contributed by atoms with Gasteiger partial charge in [-0.3, -0.25) is 4.98 Å². The standard InChI is InChI=1S/C23H28N4O2/c1-3-21-15-25-22(27(21)11-7-10-18-8-5-4-6-9-18)16-24-14-20-13-19(23(28)29)12-17(2)26-20/h4-6,8-9,12-13,15,24H,3,7,10-11,14,16H2,1-2H3,(H,28,29). The summed E-state index contributed by atoms with van der Waals surface area (Å²) < 4.78 is 2.29. The number of pyridine rings is 1. The average molecular weight is 393 g/mol. The number of aromatic nitrogens is 3. The summed E-state index contributed by atoms with van der Waals surface area (Å²) >= 11 is 0. The van der Waals surface area contributed by atoms with Crippen LogP contribution in [0, 0.1) is 6.92 Å². The van der Waals surface area contributed by atoms with E-state index in [0.717, 1.165) is 37.3 Å². The summed E-state index contributed by atoms with van der Waals surface area (Å²) in [5.74, 6) is 0.0688. The lowest BCUT2D eigenvalue weighted by atomic mass is 10.1. The third-order valence-corrected chi connectivity index (χ3v) is 4.92. The number of carboxylic acid groups (broad SMARTS) is 1. The molecular formula is C23H28N4O2. The van der Waals surface area contributed by atoms with Crippen LogP contribution in [0.1, 0.15) is 52.2 Å². The highest BCUT2D eigenvalue weighted by atomic mass is 16.4. The van der Waals surface area contributed by atoms with Gasteiger partial charge in [-0.25, -0.2) is 9.78 Å². The van der Waals surface area contributed by atoms with Crippen LogP contribution < -0.4 is 5.32 Å². The molecule has 0 bridgehead atoms. The number of aromatic carboxylic acids is 1. The van der Waals surface area contributed by atoms with E-state index < -0.39 is 5.97 Å². The molecule has 0 aliphatic rings. The zero-order chi connectivity index (χ0) is 20.6. The van der Waals surface area contributed by atoms with E-state index in [2.05, 4.69) is 51.0 Å². The SMILES string of the molecule is CCc1cnc(CNCc2cc(C(=O)O)cc(C)n2)n1CCCc1ccccc1. The number of imidazole rings is 1. The van der Waals surface area contributed by atoms with Gasteiger partial charge in [0.2, 0.25) is 0 Å². The molecule has 2 aromatic heterocycles. The van der Waals surface area contributed by atoms with Crippen molar-refractivity contribution in [3.05, 3.63) is 82.7 Å². The molecule has 3 rings (SSSR count). The van der Waals surface area contributed by atoms with Crippen molar-refractivity contribution in [3.8, 4) is 0 Å². The van der Waals surface area contributed by atoms with E-state index in [1.165, 1.54) is 11.3 Å². The molecular weight excluding hydrogens is 364 g/mol. The first kappa shape index (κ1) is 20.7. The minimum Gasteiger partial charge on any atom is -0.478 e. The molecule has 2 heterocycles. The Hall–Kier alpha value is -2.99. The van der Waals surface area contributed by atoms with E-state index in [1.54, 1.807) is 12.1 Å². The third kappa shape index (κ3) is 5.74. The van der Waals surface area contributed by atoms with Crippen LogP contribution >= 0.6 is 0 Å². The summed E-state index contributed by atoms with van der Waals surface area (Å²) in [6, 6.07) is 13.7. The van der Waals surface area contributed by atoms with Crippen LogP contribution in [0.3, 0.4) is 0 Å². The summed E-state index contributed by atoms with van der Waals surface area (Å²) in [6.07, 6.45) is 4.99. The highest BCUT2D eigenvalue weighted by molar-refractivity contribution is 5.87. The zero-order valence-corrected chi connectivity index (χ0v) is 17.1. The highest BCUT2D eigenvalue weighted by Crippen LogP contribution is 2.11. The molecule has 0 unspecified atom stereocenters. The van der Waals surface area contributed by atoms with Crippen LogP contribution in [0.25, 0.3) is 0 Å². The Bertz CT molecular complexity index is 951. The normalized spacial score (nSPS) is 11.0. The van der Waals surface area contributed by atoms with E-state index >= 15 is 0 Å². The maximum Gasteiger partial charge on any atom is 0.335 e. The molecule has 0 saturated carbocycles. The number of rotatable bonds is 10. The Balaban J connectivity index is 1.59. The summed E-state index contributed by atoms with van der Waals surface area (Å²) in [5.41, 5.74) is 4.28. The van der Waals surface area contributed by atoms with Gasteiger partial charge in [0, 0.05) is 30.7 Å². The van der Waals surface area contributed by atoms with Gasteiger partial charge in [0.15, 0.2) is 0 Å². The summed E-state index contributed by atoms with van der Waals surface area (Å²) in [6.45, 7) is 6.00. The molecule has 0 atom stereocenters. The van der Waals surface area contributed by atoms with Crippen molar-refractivity contribution in [2.75, 3.05) is 0 Å². The molecule has 152 valence electrons. The fourth-order valence-corrected chi connectivity index (χ4v) is 3.49. The third-order valence-electron chi connectivity index (χ3n) is 4.92. The van der Waals surface area contributed by atoms with Gasteiger partial charge in [-0.2, -0.15) is 0 Å². The van der Waals surface area contributed by atoms with Gasteiger partial charge in [-0.15, -0.1) is 0 Å². The Morgan fingerprint density at radius 1 is 1.17 bits per heavy atom. The molecule has 0 amide bonds. The Kier molecular flexibility index (Phi) is 7.14. The van der Waals surface area contributed by atoms with Crippen molar-refractivity contribution in [2.45, 2.75) is 52.7 Å². The summed E-state index contributed by atoms with van der Waals surface area (Å²) in [7, 11) is 0. The van der Waals surface area contributed by atoms with Crippen molar-refractivity contribution in [2.24, 2.45) is 0 Å². The van der Waals surface area contributed by atoms with E-state index in [4.69, 9.17) is 0 Å². The summed E-state index contributed by atoms with van der Waals surface area (Å²) in [4.78, 5) is 20.2. The minimum absolute atomic E-state index is 0.269. The average Bonchev–Trinajstić information content (AvgIpc) is 3.10. The number of benzene rings is 1. The van der Waals surface area contributed by atoms with E-state index in [-0.39, 0.29) is 5.56 Å². The molecule has 29 heavy (non-hydrogen) atoms. The molecule has 0 saturated heterocycles. The van der Waals surface area contributed by atoms with Crippen molar-refractivity contribution in [1.29, 1.82) is 0 Å². The van der Waals surface area contributed by atoms with Crippen molar-refractivity contribution in [3.63, 3.8) is 0 Å². The molecule has 6 nitrogen and oxygen atoms in total. The molecule has 1 aromatic carbocycles. The first-order chi connectivity index (χ1) is 14.1. The van der Waals surface area contributed by atoms with Crippen LogP contribution in [-0.4, -0.2) is 25.6 Å². The van der Waals surface area contributed by atoms with Gasteiger partial charge in [0.05, 0.1) is 17.8 Å². The van der Waals surface area contributed by atoms with Crippen LogP contribution in [0.4, 0.5) is 0 Å². The smallest absolute Gasteiger partial charge is 0.335 e. The lowest BCUT2D eigenvalue weighted by molar-refractivity contribution is 0.0696. The van der Waals surface area contributed by atoms with Crippen molar-refractivity contribution in [1.82, 2.24) is 19.9 Å². The van der Waals surface area contributed by atoms with E-state index in [9.17, 15) is 9.90 Å². The minimum atomic E-state index is -0.932. The van der Waals surface area contributed by atoms with E-state index in [0.29, 0.717) is 18.8 Å². The maximum absolute atomic E-state index is 11.2. The van der Waals surface area contributed by atoms with Gasteiger partial charge in [-0.1, -0.05) is 37.3 Å². The molecule has 0 fully saturated rings. The molecule has 0 radical (unpaired) electrons. The summed E-state index contributed by atoms with van der Waals surface area (Å²) in [5, 5.41) is 12.6. The maximum atomic E-state index is 11.2. The number of nitrogens with zero attached hydrogens (tertiary/aromatic N) is 3. The topological polar surface area (TPSA) is 80.0 Å². The first-order valence-corrected chi connectivity index (χ1v) is 10.1. The van der Waals surface area contributed by atoms with Crippen molar-refractivity contribution >= 4 is 5.97 Å². The quantitative estimate of drug-likeness (QED) is 0.549. The largest absolute Gasteiger partial charge is 0.478 e. The van der Waals surface area contributed by atoms with Gasteiger partial charge in [-0.05, 0) is 43.9 Å². The van der Waals surface area contributed by atoms with Crippen LogP contribution in [0.15, 0.2) is 48.7 Å². The number of nitrogens with one attached hydrogen (secondary N) is 1. The molecule has 0 spiro atoms. The van der Waals surface area contributed by atoms with Crippen molar-refractivity contribution < 1.29 is 9.90 Å². The first-order valence-electron chi connectivity index (χ1n) is 10.1. The Morgan fingerprint density at radius 2 is 1.97 bits per heavy atom. The van der Waals surface area contributed by atoms with Crippen LogP contribution in [0.5, 0.6) is 0 Å². The molecule has 6 heteroatoms. The second kappa shape index (κ2) is 9.98. The molecule has 0 aliphatic carbocycles. The predicted molar refractivity (Wildman–Crippen MR) is 113 cm³/mol. The fourth-order valence-electron chi connectivity index (χ4n) is 3.49. The highest BCUT2D eigenvalue weighted by Gasteiger charge is 2.10. The van der Waals surface area contributed by atoms with Gasteiger partial charge in [0.25, 0.3) is 0 Å². The molecule has 3 aromatic rings. The zero-order valence-electron chi connectivity index (χ0n) is 17.1. The number of aryl methyl sites for hydroxylation is 3. The Morgan fingerprint density at radius 3 is 2.69 bits per heavy atom. The van der Waals surface area contributed by atoms with Gasteiger partial charge in [0.1, 0.15) is 5.82 Å². The second-order valence-corrected chi connectivity index (χ2v) is 7.16. The van der Waals surface area contributed by atoms with Crippen LogP contribution in [-0.2, 0) is 32.5 Å².